The van der Waals surface area contributed by atoms with Crippen LogP contribution in [0.4, 0.5) is 0 Å². The lowest BCUT2D eigenvalue weighted by Gasteiger charge is -2.20. The summed E-state index contributed by atoms with van der Waals surface area (Å²) in [4.78, 5) is 24.3. The summed E-state index contributed by atoms with van der Waals surface area (Å²) < 4.78 is 4.98. The topological polar surface area (TPSA) is 83.8 Å². The molecule has 5 nitrogen and oxygen atoms in total. The fraction of sp³-hybridized carbons (Fsp3) is 0.636. The maximum absolute atomic E-state index is 12.2. The first-order valence-corrected chi connectivity index (χ1v) is 11.1. The summed E-state index contributed by atoms with van der Waals surface area (Å²) in [6, 6.07) is 7.98. The van der Waals surface area contributed by atoms with Gasteiger partial charge in [0.15, 0.2) is 0 Å². The minimum absolute atomic E-state index is 0.0583. The lowest BCUT2D eigenvalue weighted by molar-refractivity contribution is -0.142. The summed E-state index contributed by atoms with van der Waals surface area (Å²) >= 11 is 1.50. The van der Waals surface area contributed by atoms with Crippen molar-refractivity contribution >= 4 is 23.5 Å². The summed E-state index contributed by atoms with van der Waals surface area (Å²) in [5.74, 6) is 0.0879. The Morgan fingerprint density at radius 3 is 2.61 bits per heavy atom. The maximum atomic E-state index is 12.2. The van der Waals surface area contributed by atoms with E-state index >= 15 is 0 Å². The van der Waals surface area contributed by atoms with Crippen LogP contribution in [-0.2, 0) is 14.3 Å². The Morgan fingerprint density at radius 2 is 1.96 bits per heavy atom. The Kier molecular flexibility index (Phi) is 9.48. The summed E-state index contributed by atoms with van der Waals surface area (Å²) in [5.41, 5.74) is 2.14. The number of methoxy groups -OCH3 is 1. The van der Waals surface area contributed by atoms with Crippen LogP contribution in [0.2, 0.25) is 0 Å². The highest BCUT2D eigenvalue weighted by Crippen LogP contribution is 2.36. The van der Waals surface area contributed by atoms with Crippen LogP contribution in [0.25, 0.3) is 0 Å². The molecule has 0 aromatic heterocycles. The molecule has 1 saturated carbocycles. The van der Waals surface area contributed by atoms with E-state index in [0.717, 1.165) is 43.2 Å². The molecule has 0 spiro atoms. The molecule has 0 heterocycles. The lowest BCUT2D eigenvalue weighted by atomic mass is 9.91. The molecule has 1 aliphatic rings. The molecule has 28 heavy (non-hydrogen) atoms. The molecule has 156 valence electrons. The van der Waals surface area contributed by atoms with Gasteiger partial charge in [-0.3, -0.25) is 9.59 Å². The van der Waals surface area contributed by atoms with Crippen LogP contribution in [0.15, 0.2) is 24.3 Å². The second-order valence-corrected chi connectivity index (χ2v) is 8.81. The molecule has 1 aromatic carbocycles. The third-order valence-electron chi connectivity index (χ3n) is 5.47. The fourth-order valence-electron chi connectivity index (χ4n) is 3.92. The number of esters is 1. The van der Waals surface area contributed by atoms with E-state index in [4.69, 9.17) is 9.84 Å². The quantitative estimate of drug-likeness (QED) is 0.432. The van der Waals surface area contributed by atoms with Gasteiger partial charge in [0.05, 0.1) is 25.7 Å². The Hall–Kier alpha value is -1.37. The molecule has 1 aromatic rings. The highest BCUT2D eigenvalue weighted by atomic mass is 32.2. The summed E-state index contributed by atoms with van der Waals surface area (Å²) in [6.07, 6.45) is 3.81. The van der Waals surface area contributed by atoms with Crippen LogP contribution in [-0.4, -0.2) is 52.8 Å². The number of aryl methyl sites for hydroxylation is 1. The Bertz CT molecular complexity index is 630. The fourth-order valence-corrected chi connectivity index (χ4v) is 5.13. The van der Waals surface area contributed by atoms with Crippen molar-refractivity contribution in [2.75, 3.05) is 19.5 Å². The molecular formula is C22H32O5S. The van der Waals surface area contributed by atoms with Crippen LogP contribution in [0.1, 0.15) is 55.6 Å². The van der Waals surface area contributed by atoms with Crippen LogP contribution in [0.5, 0.6) is 0 Å². The minimum Gasteiger partial charge on any atom is -0.469 e. The molecule has 1 fully saturated rings. The highest BCUT2D eigenvalue weighted by molar-refractivity contribution is 8.00. The van der Waals surface area contributed by atoms with E-state index in [0.29, 0.717) is 5.75 Å². The monoisotopic (exact) mass is 408 g/mol. The summed E-state index contributed by atoms with van der Waals surface area (Å²) in [5, 5.41) is 19.0. The van der Waals surface area contributed by atoms with Gasteiger partial charge in [-0.05, 0) is 25.3 Å². The van der Waals surface area contributed by atoms with Crippen molar-refractivity contribution in [3.63, 3.8) is 0 Å². The Balaban J connectivity index is 1.81. The Morgan fingerprint density at radius 1 is 1.25 bits per heavy atom. The first-order chi connectivity index (χ1) is 13.5. The van der Waals surface area contributed by atoms with Crippen molar-refractivity contribution in [3.8, 4) is 0 Å². The molecule has 0 aliphatic heterocycles. The molecule has 0 amide bonds. The van der Waals surface area contributed by atoms with E-state index in [9.17, 15) is 14.7 Å². The van der Waals surface area contributed by atoms with Crippen molar-refractivity contribution in [1.29, 1.82) is 0 Å². The number of hydrogen-bond donors (Lipinski definition) is 2. The van der Waals surface area contributed by atoms with Gasteiger partial charge in [0.2, 0.25) is 0 Å². The Labute approximate surface area is 171 Å². The van der Waals surface area contributed by atoms with Crippen molar-refractivity contribution < 1.29 is 24.5 Å². The number of ether oxygens (including phenoxy) is 1. The van der Waals surface area contributed by atoms with Crippen molar-refractivity contribution in [2.24, 2.45) is 5.92 Å². The normalized spacial score (nSPS) is 23.0. The predicted octanol–water partition coefficient (Wildman–Crippen LogP) is 3.25. The molecule has 4 atom stereocenters. The summed E-state index contributed by atoms with van der Waals surface area (Å²) in [7, 11) is 1.42. The zero-order valence-corrected chi connectivity index (χ0v) is 17.6. The zero-order valence-electron chi connectivity index (χ0n) is 16.8. The molecule has 0 saturated heterocycles. The van der Waals surface area contributed by atoms with Gasteiger partial charge in [-0.15, -0.1) is 0 Å². The van der Waals surface area contributed by atoms with Crippen LogP contribution >= 0.6 is 11.8 Å². The van der Waals surface area contributed by atoms with Crippen molar-refractivity contribution in [2.45, 2.75) is 62.7 Å². The van der Waals surface area contributed by atoms with E-state index in [1.807, 2.05) is 31.2 Å². The van der Waals surface area contributed by atoms with E-state index in [-0.39, 0.29) is 41.9 Å². The average Bonchev–Trinajstić information content (AvgIpc) is 2.96. The number of carbonyl (C=O) groups is 2. The van der Waals surface area contributed by atoms with Crippen LogP contribution in [0, 0.1) is 12.8 Å². The smallest absolute Gasteiger partial charge is 0.313 e. The first kappa shape index (κ1) is 22.9. The number of benzene rings is 1. The molecule has 6 heteroatoms. The number of aliphatic hydroxyl groups excluding tert-OH is 2. The number of carbonyl (C=O) groups excluding carboxylic acids is 2. The van der Waals surface area contributed by atoms with Gasteiger partial charge in [0.1, 0.15) is 5.78 Å². The van der Waals surface area contributed by atoms with Crippen molar-refractivity contribution in [1.82, 2.24) is 0 Å². The second-order valence-electron chi connectivity index (χ2n) is 7.53. The van der Waals surface area contributed by atoms with Gasteiger partial charge in [-0.1, -0.05) is 49.1 Å². The molecule has 2 rings (SSSR count). The molecule has 0 bridgehead atoms. The number of Topliss-reactive ketones (excluding diaryl/α,β-unsaturated/α-hetero) is 1. The van der Waals surface area contributed by atoms with Crippen LogP contribution in [0.3, 0.4) is 0 Å². The van der Waals surface area contributed by atoms with Gasteiger partial charge in [0, 0.05) is 23.3 Å². The zero-order chi connectivity index (χ0) is 20.5. The van der Waals surface area contributed by atoms with E-state index in [1.165, 1.54) is 18.9 Å². The van der Waals surface area contributed by atoms with E-state index in [1.54, 1.807) is 0 Å². The van der Waals surface area contributed by atoms with Crippen LogP contribution < -0.4 is 0 Å². The number of aliphatic hydroxyl groups is 2. The number of rotatable bonds is 11. The first-order valence-electron chi connectivity index (χ1n) is 10.1. The van der Waals surface area contributed by atoms with Gasteiger partial charge >= 0.3 is 5.97 Å². The third kappa shape index (κ3) is 6.33. The number of thioether (sulfide) groups is 1. The maximum Gasteiger partial charge on any atom is 0.313 e. The number of hydrogen-bond acceptors (Lipinski definition) is 6. The van der Waals surface area contributed by atoms with Gasteiger partial charge < -0.3 is 14.9 Å². The molecule has 2 unspecified atom stereocenters. The SMILES string of the molecule is COC(=O)C(CCCCC[C@H]1C(=O)CC(O)[C@@H]1SCCO)c1ccc(C)cc1. The molecule has 0 radical (unpaired) electrons. The van der Waals surface area contributed by atoms with E-state index < -0.39 is 6.10 Å². The molecule has 1 aliphatic carbocycles. The van der Waals surface area contributed by atoms with Gasteiger partial charge in [-0.25, -0.2) is 0 Å². The van der Waals surface area contributed by atoms with E-state index in [2.05, 4.69) is 0 Å². The number of unbranched alkanes of at least 4 members (excludes halogenated alkanes) is 2. The molecular weight excluding hydrogens is 376 g/mol. The standard InChI is InChI=1S/C22H32O5S/c1-15-8-10-16(11-9-15)17(22(26)27-2)6-4-3-5-7-18-19(24)14-20(25)21(18)28-13-12-23/h8-11,17-18,20-21,23,25H,3-7,12-14H2,1-2H3/t17?,18-,20?,21+/m0/s1. The largest absolute Gasteiger partial charge is 0.469 e. The second kappa shape index (κ2) is 11.6. The average molecular weight is 409 g/mol. The van der Waals surface area contributed by atoms with Gasteiger partial charge in [-0.2, -0.15) is 11.8 Å². The highest BCUT2D eigenvalue weighted by Gasteiger charge is 2.41. The third-order valence-corrected chi connectivity index (χ3v) is 6.92. The minimum atomic E-state index is -0.598. The van der Waals surface area contributed by atoms with Gasteiger partial charge in [0.25, 0.3) is 0 Å². The summed E-state index contributed by atoms with van der Waals surface area (Å²) in [6.45, 7) is 2.08. The molecule has 2 N–H and O–H groups in total. The predicted molar refractivity (Wildman–Crippen MR) is 111 cm³/mol. The number of ketones is 1. The lowest BCUT2D eigenvalue weighted by Crippen LogP contribution is -2.24. The van der Waals surface area contributed by atoms with Crippen molar-refractivity contribution in [3.05, 3.63) is 35.4 Å².